The van der Waals surface area contributed by atoms with Gasteiger partial charge in [0.25, 0.3) is 11.8 Å². The number of amides is 2. The van der Waals surface area contributed by atoms with Crippen molar-refractivity contribution in [3.63, 3.8) is 0 Å². The molecule has 4 aromatic rings. The molecule has 0 aliphatic heterocycles. The Kier molecular flexibility index (Phi) is 6.27. The van der Waals surface area contributed by atoms with Gasteiger partial charge < -0.3 is 21.1 Å². The Morgan fingerprint density at radius 1 is 1.15 bits per heavy atom. The molecule has 0 saturated heterocycles. The molecule has 10 heteroatoms. The summed E-state index contributed by atoms with van der Waals surface area (Å²) >= 11 is 1.33. The van der Waals surface area contributed by atoms with E-state index in [-0.39, 0.29) is 23.8 Å². The molecule has 4 N–H and O–H groups in total. The molecule has 0 spiro atoms. The van der Waals surface area contributed by atoms with Crippen LogP contribution in [0.25, 0.3) is 16.8 Å². The highest BCUT2D eigenvalue weighted by molar-refractivity contribution is 7.12. The van der Waals surface area contributed by atoms with Gasteiger partial charge in [0.2, 0.25) is 5.95 Å². The van der Waals surface area contributed by atoms with Crippen molar-refractivity contribution in [2.45, 2.75) is 26.4 Å². The highest BCUT2D eigenvalue weighted by atomic mass is 32.1. The van der Waals surface area contributed by atoms with Crippen molar-refractivity contribution in [3.8, 4) is 16.9 Å². The number of nitrogens with one attached hydrogen (secondary N) is 2. The van der Waals surface area contributed by atoms with Crippen LogP contribution in [0, 0.1) is 0 Å². The second-order valence-electron chi connectivity index (χ2n) is 7.73. The van der Waals surface area contributed by atoms with Crippen LogP contribution in [0.3, 0.4) is 0 Å². The van der Waals surface area contributed by atoms with Crippen molar-refractivity contribution in [1.29, 1.82) is 0 Å². The average Bonchev–Trinajstić information content (AvgIpc) is 3.42. The van der Waals surface area contributed by atoms with Crippen LogP contribution in [0.5, 0.6) is 5.75 Å². The number of nitrogens with zero attached hydrogens (tertiary/aromatic N) is 3. The minimum atomic E-state index is -0.284. The molecule has 0 fully saturated rings. The van der Waals surface area contributed by atoms with E-state index in [0.29, 0.717) is 22.8 Å². The topological polar surface area (TPSA) is 124 Å². The summed E-state index contributed by atoms with van der Waals surface area (Å²) < 4.78 is 6.64. The van der Waals surface area contributed by atoms with E-state index in [4.69, 9.17) is 10.5 Å². The summed E-state index contributed by atoms with van der Waals surface area (Å²) in [4.78, 5) is 30.2. The number of ether oxygens (including phenoxy) is 1. The molecule has 9 nitrogen and oxygen atoms in total. The molecule has 0 atom stereocenters. The Bertz CT molecular complexity index is 1330. The number of rotatable bonds is 7. The zero-order valence-corrected chi connectivity index (χ0v) is 19.3. The van der Waals surface area contributed by atoms with Gasteiger partial charge in [0.05, 0.1) is 12.0 Å². The van der Waals surface area contributed by atoms with E-state index in [1.807, 2.05) is 43.5 Å². The molecular formula is C23H24N6O3S. The van der Waals surface area contributed by atoms with Crippen molar-refractivity contribution in [2.24, 2.45) is 0 Å². The number of methoxy groups -OCH3 is 1. The van der Waals surface area contributed by atoms with Crippen LogP contribution < -0.4 is 21.1 Å². The van der Waals surface area contributed by atoms with E-state index in [2.05, 4.69) is 20.7 Å². The Balaban J connectivity index is 1.57. The molecule has 170 valence electrons. The van der Waals surface area contributed by atoms with Crippen LogP contribution in [0.1, 0.15) is 39.6 Å². The summed E-state index contributed by atoms with van der Waals surface area (Å²) in [5.41, 5.74) is 9.01. The molecule has 0 saturated carbocycles. The Labute approximate surface area is 194 Å². The predicted octanol–water partition coefficient (Wildman–Crippen LogP) is 3.12. The first-order chi connectivity index (χ1) is 15.8. The second kappa shape index (κ2) is 9.29. The number of thiophene rings is 1. The number of anilines is 1. The zero-order chi connectivity index (χ0) is 23.5. The van der Waals surface area contributed by atoms with Gasteiger partial charge in [-0.25, -0.2) is 4.52 Å². The third kappa shape index (κ3) is 4.96. The van der Waals surface area contributed by atoms with E-state index in [1.54, 1.807) is 25.3 Å². The van der Waals surface area contributed by atoms with Crippen LogP contribution >= 0.6 is 11.3 Å². The number of benzene rings is 1. The van der Waals surface area contributed by atoms with Gasteiger partial charge in [-0.1, -0.05) is 12.1 Å². The standard InChI is InChI=1S/C23H24N6O3S/c1-13(2)26-21(30)18-8-15(10-20-27-23(24)28-29(18)20)16-9-19(33-12-16)22(31)25-11-14-5-4-6-17(7-14)32-3/h4-10,12-13H,11H2,1-3H3,(H2,24,28)(H,25,31)(H,26,30). The van der Waals surface area contributed by atoms with Crippen LogP contribution in [0.15, 0.2) is 47.8 Å². The van der Waals surface area contributed by atoms with Gasteiger partial charge in [-0.15, -0.1) is 16.4 Å². The largest absolute Gasteiger partial charge is 0.497 e. The van der Waals surface area contributed by atoms with Crippen LogP contribution in [0.4, 0.5) is 5.95 Å². The molecule has 0 aliphatic rings. The van der Waals surface area contributed by atoms with Crippen molar-refractivity contribution in [3.05, 3.63) is 64.0 Å². The SMILES string of the molecule is COc1cccc(CNC(=O)c2cc(-c3cc(C(=O)NC(C)C)n4nc(N)nc4c3)cs2)c1. The Morgan fingerprint density at radius 3 is 2.73 bits per heavy atom. The van der Waals surface area contributed by atoms with Crippen LogP contribution in [0.2, 0.25) is 0 Å². The molecule has 33 heavy (non-hydrogen) atoms. The number of aromatic nitrogens is 3. The van der Waals surface area contributed by atoms with Crippen molar-refractivity contribution in [2.75, 3.05) is 12.8 Å². The minimum Gasteiger partial charge on any atom is -0.497 e. The smallest absolute Gasteiger partial charge is 0.270 e. The summed E-state index contributed by atoms with van der Waals surface area (Å²) in [6.45, 7) is 4.14. The monoisotopic (exact) mass is 464 g/mol. The summed E-state index contributed by atoms with van der Waals surface area (Å²) in [6.07, 6.45) is 0. The van der Waals surface area contributed by atoms with E-state index >= 15 is 0 Å². The fraction of sp³-hybridized carbons (Fsp3) is 0.217. The number of pyridine rings is 1. The molecule has 3 heterocycles. The third-order valence-corrected chi connectivity index (χ3v) is 5.78. The number of carbonyl (C=O) groups is 2. The van der Waals surface area contributed by atoms with Crippen molar-refractivity contribution < 1.29 is 14.3 Å². The lowest BCUT2D eigenvalue weighted by Gasteiger charge is -2.10. The molecule has 0 unspecified atom stereocenters. The van der Waals surface area contributed by atoms with Crippen LogP contribution in [-0.2, 0) is 6.54 Å². The van der Waals surface area contributed by atoms with Crippen molar-refractivity contribution >= 4 is 34.7 Å². The van der Waals surface area contributed by atoms with E-state index in [1.165, 1.54) is 15.9 Å². The third-order valence-electron chi connectivity index (χ3n) is 4.85. The van der Waals surface area contributed by atoms with Gasteiger partial charge in [-0.05, 0) is 66.2 Å². The number of fused-ring (bicyclic) bond motifs is 1. The highest BCUT2D eigenvalue weighted by Gasteiger charge is 2.18. The van der Waals surface area contributed by atoms with Gasteiger partial charge in [-0.2, -0.15) is 4.98 Å². The lowest BCUT2D eigenvalue weighted by Crippen LogP contribution is -2.31. The average molecular weight is 465 g/mol. The van der Waals surface area contributed by atoms with Gasteiger partial charge in [-0.3, -0.25) is 9.59 Å². The zero-order valence-electron chi connectivity index (χ0n) is 18.5. The predicted molar refractivity (Wildman–Crippen MR) is 127 cm³/mol. The summed E-state index contributed by atoms with van der Waals surface area (Å²) in [5.74, 6) is 0.350. The normalized spacial score (nSPS) is 11.0. The summed E-state index contributed by atoms with van der Waals surface area (Å²) in [6, 6.07) is 12.8. The maximum Gasteiger partial charge on any atom is 0.270 e. The number of nitrogen functional groups attached to an aromatic ring is 1. The summed E-state index contributed by atoms with van der Waals surface area (Å²) in [7, 11) is 1.61. The lowest BCUT2D eigenvalue weighted by atomic mass is 10.1. The Morgan fingerprint density at radius 2 is 1.97 bits per heavy atom. The van der Waals surface area contributed by atoms with E-state index < -0.39 is 0 Å². The Hall–Kier alpha value is -3.92. The fourth-order valence-corrected chi connectivity index (χ4v) is 4.16. The van der Waals surface area contributed by atoms with Gasteiger partial charge in [0.15, 0.2) is 5.65 Å². The van der Waals surface area contributed by atoms with Gasteiger partial charge >= 0.3 is 0 Å². The molecule has 2 amide bonds. The molecule has 0 bridgehead atoms. The first-order valence-electron chi connectivity index (χ1n) is 10.3. The number of nitrogens with two attached hydrogens (primary N) is 1. The number of carbonyl (C=O) groups excluding carboxylic acids is 2. The number of hydrogen-bond acceptors (Lipinski definition) is 7. The fourth-order valence-electron chi connectivity index (χ4n) is 3.32. The van der Waals surface area contributed by atoms with E-state index in [0.717, 1.165) is 22.4 Å². The molecule has 1 aromatic carbocycles. The molecule has 0 radical (unpaired) electrons. The molecule has 4 rings (SSSR count). The minimum absolute atomic E-state index is 0.0434. The maximum atomic E-state index is 12.7. The molecule has 3 aromatic heterocycles. The first-order valence-corrected chi connectivity index (χ1v) is 11.2. The highest BCUT2D eigenvalue weighted by Crippen LogP contribution is 2.28. The van der Waals surface area contributed by atoms with E-state index in [9.17, 15) is 9.59 Å². The first kappa shape index (κ1) is 22.3. The second-order valence-corrected chi connectivity index (χ2v) is 8.64. The number of hydrogen-bond donors (Lipinski definition) is 3. The van der Waals surface area contributed by atoms with Crippen LogP contribution in [-0.4, -0.2) is 39.6 Å². The van der Waals surface area contributed by atoms with Crippen molar-refractivity contribution in [1.82, 2.24) is 25.2 Å². The maximum absolute atomic E-state index is 12.7. The molecular weight excluding hydrogens is 440 g/mol. The quantitative estimate of drug-likeness (QED) is 0.386. The van der Waals surface area contributed by atoms with Gasteiger partial charge in [0, 0.05) is 12.6 Å². The lowest BCUT2D eigenvalue weighted by molar-refractivity contribution is 0.0932. The molecule has 0 aliphatic carbocycles. The summed E-state index contributed by atoms with van der Waals surface area (Å²) in [5, 5.41) is 11.8. The van der Waals surface area contributed by atoms with Gasteiger partial charge in [0.1, 0.15) is 11.4 Å².